The fourth-order valence-corrected chi connectivity index (χ4v) is 2.49. The first-order valence-corrected chi connectivity index (χ1v) is 8.32. The van der Waals surface area contributed by atoms with Crippen LogP contribution < -0.4 is 4.74 Å². The first-order chi connectivity index (χ1) is 12.6. The highest BCUT2D eigenvalue weighted by molar-refractivity contribution is 5.94. The van der Waals surface area contributed by atoms with Crippen LogP contribution in [0, 0.1) is 5.82 Å². The predicted octanol–water partition coefficient (Wildman–Crippen LogP) is 3.22. The third kappa shape index (κ3) is 4.69. The molecule has 0 aliphatic carbocycles. The quantitative estimate of drug-likeness (QED) is 0.655. The van der Waals surface area contributed by atoms with Crippen molar-refractivity contribution in [1.82, 2.24) is 14.7 Å². The highest BCUT2D eigenvalue weighted by atomic mass is 19.1. The number of nitrogens with zero attached hydrogens (tertiary/aromatic N) is 3. The monoisotopic (exact) mass is 353 g/mol. The number of aromatic nitrogens is 2. The van der Waals surface area contributed by atoms with E-state index in [2.05, 4.69) is 5.10 Å². The van der Waals surface area contributed by atoms with E-state index in [0.29, 0.717) is 31.0 Å². The number of benzene rings is 2. The highest BCUT2D eigenvalue weighted by Gasteiger charge is 2.11. The number of carbonyl (C=O) groups excluding carboxylic acids is 1. The van der Waals surface area contributed by atoms with Crippen LogP contribution in [0.1, 0.15) is 15.9 Å². The number of amides is 1. The van der Waals surface area contributed by atoms with Crippen LogP contribution in [-0.2, 0) is 6.54 Å². The van der Waals surface area contributed by atoms with Crippen molar-refractivity contribution in [2.75, 3.05) is 20.2 Å². The molecule has 134 valence electrons. The van der Waals surface area contributed by atoms with Gasteiger partial charge in [-0.05, 0) is 48.0 Å². The fourth-order valence-electron chi connectivity index (χ4n) is 2.49. The zero-order valence-corrected chi connectivity index (χ0v) is 14.5. The average Bonchev–Trinajstić information content (AvgIpc) is 3.16. The lowest BCUT2D eigenvalue weighted by molar-refractivity contribution is 0.0774. The van der Waals surface area contributed by atoms with E-state index >= 15 is 0 Å². The normalized spacial score (nSPS) is 10.5. The Labute approximate surface area is 151 Å². The number of hydrogen-bond acceptors (Lipinski definition) is 3. The van der Waals surface area contributed by atoms with Gasteiger partial charge in [-0.15, -0.1) is 0 Å². The van der Waals surface area contributed by atoms with Gasteiger partial charge in [-0.1, -0.05) is 12.1 Å². The van der Waals surface area contributed by atoms with Gasteiger partial charge in [0.1, 0.15) is 18.2 Å². The minimum atomic E-state index is -0.305. The van der Waals surface area contributed by atoms with Gasteiger partial charge < -0.3 is 9.64 Å². The molecule has 5 nitrogen and oxygen atoms in total. The van der Waals surface area contributed by atoms with Gasteiger partial charge in [0.2, 0.25) is 0 Å². The first-order valence-electron chi connectivity index (χ1n) is 8.32. The molecule has 3 aromatic rings. The molecule has 6 heteroatoms. The van der Waals surface area contributed by atoms with E-state index in [0.717, 1.165) is 5.56 Å². The molecule has 1 heterocycles. The molecule has 0 N–H and O–H groups in total. The second-order valence-corrected chi connectivity index (χ2v) is 5.93. The van der Waals surface area contributed by atoms with E-state index in [9.17, 15) is 9.18 Å². The SMILES string of the molecule is CN(CCOc1ccc(F)cc1)C(=O)c1ccc(Cn2cccn2)cc1. The molecule has 0 aliphatic rings. The summed E-state index contributed by atoms with van der Waals surface area (Å²) < 4.78 is 20.2. The lowest BCUT2D eigenvalue weighted by Gasteiger charge is -2.18. The molecular weight excluding hydrogens is 333 g/mol. The average molecular weight is 353 g/mol. The first kappa shape index (κ1) is 17.7. The largest absolute Gasteiger partial charge is 0.492 e. The van der Waals surface area contributed by atoms with Crippen molar-refractivity contribution in [3.8, 4) is 5.75 Å². The summed E-state index contributed by atoms with van der Waals surface area (Å²) >= 11 is 0. The van der Waals surface area contributed by atoms with Crippen LogP contribution in [0.4, 0.5) is 4.39 Å². The molecule has 26 heavy (non-hydrogen) atoms. The third-order valence-corrected chi connectivity index (χ3v) is 3.96. The number of likely N-dealkylation sites (N-methyl/N-ethyl adjacent to an activating group) is 1. The molecule has 0 spiro atoms. The van der Waals surface area contributed by atoms with Crippen LogP contribution in [0.15, 0.2) is 67.0 Å². The van der Waals surface area contributed by atoms with Crippen LogP contribution in [0.5, 0.6) is 5.75 Å². The van der Waals surface area contributed by atoms with E-state index in [1.165, 1.54) is 12.1 Å². The molecule has 0 bridgehead atoms. The Morgan fingerprint density at radius 3 is 2.54 bits per heavy atom. The van der Waals surface area contributed by atoms with Crippen LogP contribution in [0.3, 0.4) is 0 Å². The summed E-state index contributed by atoms with van der Waals surface area (Å²) in [6.45, 7) is 1.44. The van der Waals surface area contributed by atoms with Gasteiger partial charge in [0.15, 0.2) is 0 Å². The second kappa shape index (κ2) is 8.29. The van der Waals surface area contributed by atoms with Crippen LogP contribution >= 0.6 is 0 Å². The molecular formula is C20H20FN3O2. The molecule has 0 unspecified atom stereocenters. The van der Waals surface area contributed by atoms with E-state index in [1.54, 1.807) is 30.3 Å². The number of carbonyl (C=O) groups is 1. The topological polar surface area (TPSA) is 47.4 Å². The van der Waals surface area contributed by atoms with Crippen molar-refractivity contribution in [3.63, 3.8) is 0 Å². The van der Waals surface area contributed by atoms with Crippen molar-refractivity contribution in [1.29, 1.82) is 0 Å². The summed E-state index contributed by atoms with van der Waals surface area (Å²) in [5, 5.41) is 4.17. The molecule has 0 saturated heterocycles. The molecule has 0 radical (unpaired) electrons. The molecule has 0 saturated carbocycles. The van der Waals surface area contributed by atoms with Gasteiger partial charge in [0, 0.05) is 25.0 Å². The van der Waals surface area contributed by atoms with E-state index in [4.69, 9.17) is 4.74 Å². The molecule has 0 aliphatic heterocycles. The van der Waals surface area contributed by atoms with Crippen LogP contribution in [-0.4, -0.2) is 40.8 Å². The number of ether oxygens (including phenoxy) is 1. The van der Waals surface area contributed by atoms with Crippen molar-refractivity contribution >= 4 is 5.91 Å². The molecule has 0 atom stereocenters. The second-order valence-electron chi connectivity index (χ2n) is 5.93. The van der Waals surface area contributed by atoms with Gasteiger partial charge in [0.05, 0.1) is 13.1 Å². The smallest absolute Gasteiger partial charge is 0.253 e. The van der Waals surface area contributed by atoms with Gasteiger partial charge in [-0.2, -0.15) is 5.10 Å². The summed E-state index contributed by atoms with van der Waals surface area (Å²) in [4.78, 5) is 14.1. The summed E-state index contributed by atoms with van der Waals surface area (Å²) in [7, 11) is 1.73. The third-order valence-electron chi connectivity index (χ3n) is 3.96. The molecule has 1 amide bonds. The minimum absolute atomic E-state index is 0.0710. The fraction of sp³-hybridized carbons (Fsp3) is 0.200. The van der Waals surface area contributed by atoms with Gasteiger partial charge >= 0.3 is 0 Å². The maximum atomic E-state index is 12.9. The van der Waals surface area contributed by atoms with Crippen LogP contribution in [0.2, 0.25) is 0 Å². The molecule has 0 fully saturated rings. The molecule has 3 rings (SSSR count). The van der Waals surface area contributed by atoms with E-state index in [1.807, 2.05) is 41.2 Å². The zero-order valence-electron chi connectivity index (χ0n) is 14.5. The van der Waals surface area contributed by atoms with Gasteiger partial charge in [-0.3, -0.25) is 9.48 Å². The zero-order chi connectivity index (χ0) is 18.4. The summed E-state index contributed by atoms with van der Waals surface area (Å²) in [5.41, 5.74) is 1.70. The van der Waals surface area contributed by atoms with Crippen molar-refractivity contribution in [3.05, 3.63) is 83.9 Å². The molecule has 1 aromatic heterocycles. The Balaban J connectivity index is 1.50. The summed E-state index contributed by atoms with van der Waals surface area (Å²) in [5.74, 6) is 0.203. The van der Waals surface area contributed by atoms with E-state index in [-0.39, 0.29) is 11.7 Å². The Morgan fingerprint density at radius 2 is 1.88 bits per heavy atom. The maximum absolute atomic E-state index is 12.9. The summed E-state index contributed by atoms with van der Waals surface area (Å²) in [6.07, 6.45) is 3.63. The maximum Gasteiger partial charge on any atom is 0.253 e. The van der Waals surface area contributed by atoms with Crippen molar-refractivity contribution in [2.24, 2.45) is 0 Å². The number of rotatable bonds is 7. The van der Waals surface area contributed by atoms with Crippen molar-refractivity contribution in [2.45, 2.75) is 6.54 Å². The number of halogens is 1. The Kier molecular flexibility index (Phi) is 5.63. The van der Waals surface area contributed by atoms with Crippen molar-refractivity contribution < 1.29 is 13.9 Å². The highest BCUT2D eigenvalue weighted by Crippen LogP contribution is 2.12. The Bertz CT molecular complexity index is 831. The van der Waals surface area contributed by atoms with Crippen LogP contribution in [0.25, 0.3) is 0 Å². The Morgan fingerprint density at radius 1 is 1.15 bits per heavy atom. The summed E-state index contributed by atoms with van der Waals surface area (Å²) in [6, 6.07) is 15.2. The molecule has 2 aromatic carbocycles. The Hall–Kier alpha value is -3.15. The standard InChI is InChI=1S/C20H20FN3O2/c1-23(13-14-26-19-9-7-18(21)8-10-19)20(25)17-5-3-16(4-6-17)15-24-12-2-11-22-24/h2-12H,13-15H2,1H3. The minimum Gasteiger partial charge on any atom is -0.492 e. The number of hydrogen-bond donors (Lipinski definition) is 0. The lowest BCUT2D eigenvalue weighted by Crippen LogP contribution is -2.30. The van der Waals surface area contributed by atoms with Gasteiger partial charge in [0.25, 0.3) is 5.91 Å². The predicted molar refractivity (Wildman–Crippen MR) is 96.6 cm³/mol. The van der Waals surface area contributed by atoms with E-state index < -0.39 is 0 Å². The van der Waals surface area contributed by atoms with Gasteiger partial charge in [-0.25, -0.2) is 4.39 Å². The lowest BCUT2D eigenvalue weighted by atomic mass is 10.1.